The molecule has 2 fully saturated rings. The molecular weight excluding hydrogens is 312 g/mol. The highest BCUT2D eigenvalue weighted by Gasteiger charge is 2.28. The van der Waals surface area contributed by atoms with Crippen LogP contribution in [0.2, 0.25) is 0 Å². The zero-order valence-electron chi connectivity index (χ0n) is 15.0. The van der Waals surface area contributed by atoms with E-state index in [1.807, 2.05) is 4.52 Å². The summed E-state index contributed by atoms with van der Waals surface area (Å²) in [6, 6.07) is 2.06. The maximum Gasteiger partial charge on any atom is 0.177 e. The number of imidazole rings is 1. The first-order valence-electron chi connectivity index (χ1n) is 9.81. The molecule has 0 aliphatic heterocycles. The van der Waals surface area contributed by atoms with Crippen LogP contribution < -0.4 is 17.2 Å². The number of fused-ring (bicyclic) bond motifs is 1. The van der Waals surface area contributed by atoms with Gasteiger partial charge in [0, 0.05) is 18.0 Å². The maximum atomic E-state index is 6.20. The molecule has 0 saturated heterocycles. The van der Waals surface area contributed by atoms with E-state index in [0.717, 1.165) is 43.7 Å². The predicted octanol–water partition coefficient (Wildman–Crippen LogP) is 3.00. The van der Waals surface area contributed by atoms with E-state index in [0.29, 0.717) is 23.5 Å². The lowest BCUT2D eigenvalue weighted by Gasteiger charge is -2.27. The van der Waals surface area contributed by atoms with Gasteiger partial charge in [-0.3, -0.25) is 0 Å². The number of hydrogen-bond acceptors (Lipinski definition) is 5. The second kappa shape index (κ2) is 6.83. The molecule has 2 aliphatic carbocycles. The Kier molecular flexibility index (Phi) is 4.54. The molecule has 0 aromatic carbocycles. The monoisotopic (exact) mass is 342 g/mol. The zero-order valence-corrected chi connectivity index (χ0v) is 15.0. The summed E-state index contributed by atoms with van der Waals surface area (Å²) in [7, 11) is 0. The minimum Gasteiger partial charge on any atom is -0.396 e. The Hall–Kier alpha value is -1.82. The van der Waals surface area contributed by atoms with Gasteiger partial charge in [0.05, 0.1) is 17.1 Å². The summed E-state index contributed by atoms with van der Waals surface area (Å²) in [6.45, 7) is 0. The Labute approximate surface area is 149 Å². The molecule has 136 valence electrons. The SMILES string of the molecule is Nc1cc(N)c2nc([C@H]3CC[C@H](N)CC3)c(CC3CCCCC3)n2n1. The third-order valence-electron chi connectivity index (χ3n) is 6.12. The lowest BCUT2D eigenvalue weighted by molar-refractivity contribution is 0.347. The van der Waals surface area contributed by atoms with Crippen LogP contribution in [0.1, 0.15) is 75.1 Å². The molecule has 6 nitrogen and oxygen atoms in total. The Morgan fingerprint density at radius 2 is 1.72 bits per heavy atom. The topological polar surface area (TPSA) is 108 Å². The van der Waals surface area contributed by atoms with Crippen LogP contribution in [0.25, 0.3) is 5.65 Å². The second-order valence-corrected chi connectivity index (χ2v) is 8.02. The van der Waals surface area contributed by atoms with Gasteiger partial charge in [-0.1, -0.05) is 32.1 Å². The minimum atomic E-state index is 0.342. The highest BCUT2D eigenvalue weighted by atomic mass is 15.3. The lowest BCUT2D eigenvalue weighted by atomic mass is 9.81. The number of hydrogen-bond donors (Lipinski definition) is 3. The number of nitrogens with zero attached hydrogens (tertiary/aromatic N) is 3. The zero-order chi connectivity index (χ0) is 17.4. The lowest BCUT2D eigenvalue weighted by Crippen LogP contribution is -2.26. The van der Waals surface area contributed by atoms with Gasteiger partial charge < -0.3 is 17.2 Å². The van der Waals surface area contributed by atoms with Crippen molar-refractivity contribution in [3.8, 4) is 0 Å². The Balaban J connectivity index is 1.74. The summed E-state index contributed by atoms with van der Waals surface area (Å²) in [6.07, 6.45) is 12.1. The quantitative estimate of drug-likeness (QED) is 0.794. The van der Waals surface area contributed by atoms with Gasteiger partial charge in [-0.25, -0.2) is 9.50 Å². The van der Waals surface area contributed by atoms with Gasteiger partial charge in [-0.15, -0.1) is 5.10 Å². The molecule has 6 N–H and O–H groups in total. The van der Waals surface area contributed by atoms with E-state index in [2.05, 4.69) is 5.10 Å². The molecule has 2 heterocycles. The van der Waals surface area contributed by atoms with Crippen LogP contribution in [0.3, 0.4) is 0 Å². The fourth-order valence-electron chi connectivity index (χ4n) is 4.70. The van der Waals surface area contributed by atoms with Gasteiger partial charge in [0.25, 0.3) is 0 Å². The highest BCUT2D eigenvalue weighted by Crippen LogP contribution is 2.37. The van der Waals surface area contributed by atoms with Gasteiger partial charge in [0.2, 0.25) is 0 Å². The molecule has 2 aliphatic rings. The number of anilines is 2. The minimum absolute atomic E-state index is 0.342. The van der Waals surface area contributed by atoms with E-state index in [1.165, 1.54) is 43.5 Å². The molecule has 2 aromatic heterocycles. The highest BCUT2D eigenvalue weighted by molar-refractivity contribution is 5.68. The van der Waals surface area contributed by atoms with Crippen molar-refractivity contribution in [3.05, 3.63) is 17.5 Å². The molecule has 0 amide bonds. The Bertz CT molecular complexity index is 738. The van der Waals surface area contributed by atoms with Crippen molar-refractivity contribution in [1.29, 1.82) is 0 Å². The van der Waals surface area contributed by atoms with Gasteiger partial charge in [-0.05, 0) is 38.0 Å². The number of nitrogens with two attached hydrogens (primary N) is 3. The van der Waals surface area contributed by atoms with Crippen LogP contribution in [0.15, 0.2) is 6.07 Å². The van der Waals surface area contributed by atoms with Crippen molar-refractivity contribution in [3.63, 3.8) is 0 Å². The van der Waals surface area contributed by atoms with E-state index in [4.69, 9.17) is 22.2 Å². The smallest absolute Gasteiger partial charge is 0.177 e. The van der Waals surface area contributed by atoms with E-state index < -0.39 is 0 Å². The van der Waals surface area contributed by atoms with Crippen molar-refractivity contribution in [2.45, 2.75) is 76.2 Å². The van der Waals surface area contributed by atoms with Crippen molar-refractivity contribution in [1.82, 2.24) is 14.6 Å². The molecule has 4 rings (SSSR count). The van der Waals surface area contributed by atoms with Gasteiger partial charge in [0.1, 0.15) is 5.82 Å². The second-order valence-electron chi connectivity index (χ2n) is 8.02. The molecule has 2 saturated carbocycles. The molecule has 25 heavy (non-hydrogen) atoms. The Morgan fingerprint density at radius 1 is 1.00 bits per heavy atom. The summed E-state index contributed by atoms with van der Waals surface area (Å²) >= 11 is 0. The third-order valence-corrected chi connectivity index (χ3v) is 6.12. The molecule has 0 radical (unpaired) electrons. The number of nitrogen functional groups attached to an aromatic ring is 2. The fraction of sp³-hybridized carbons (Fsp3) is 0.684. The van der Waals surface area contributed by atoms with Crippen molar-refractivity contribution < 1.29 is 0 Å². The largest absolute Gasteiger partial charge is 0.396 e. The van der Waals surface area contributed by atoms with Crippen LogP contribution in [0.5, 0.6) is 0 Å². The molecule has 0 spiro atoms. The standard InChI is InChI=1S/C19H30N6/c20-14-8-6-13(7-9-14)18-16(10-12-4-2-1-3-5-12)25-19(23-18)15(21)11-17(22)24-25/h11-14H,1-10,20-21H2,(H2,22,24)/t13-,14-. The van der Waals surface area contributed by atoms with E-state index in [1.54, 1.807) is 6.07 Å². The number of aromatic nitrogens is 3. The average molecular weight is 342 g/mol. The van der Waals surface area contributed by atoms with Crippen molar-refractivity contribution >= 4 is 17.2 Å². The third kappa shape index (κ3) is 3.32. The number of rotatable bonds is 3. The molecule has 0 unspecified atom stereocenters. The van der Waals surface area contributed by atoms with Crippen molar-refractivity contribution in [2.24, 2.45) is 11.7 Å². The normalized spacial score (nSPS) is 25.5. The van der Waals surface area contributed by atoms with E-state index in [-0.39, 0.29) is 0 Å². The van der Waals surface area contributed by atoms with Crippen LogP contribution in [0.4, 0.5) is 11.5 Å². The molecule has 0 bridgehead atoms. The van der Waals surface area contributed by atoms with Gasteiger partial charge in [0.15, 0.2) is 5.65 Å². The van der Waals surface area contributed by atoms with Crippen LogP contribution in [-0.2, 0) is 6.42 Å². The van der Waals surface area contributed by atoms with Crippen molar-refractivity contribution in [2.75, 3.05) is 11.5 Å². The summed E-state index contributed by atoms with van der Waals surface area (Å²) in [5.41, 5.74) is 22.1. The van der Waals surface area contributed by atoms with Gasteiger partial charge in [-0.2, -0.15) is 0 Å². The summed E-state index contributed by atoms with van der Waals surface area (Å²) in [4.78, 5) is 4.95. The van der Waals surface area contributed by atoms with Crippen LogP contribution in [0, 0.1) is 5.92 Å². The summed E-state index contributed by atoms with van der Waals surface area (Å²) < 4.78 is 1.93. The fourth-order valence-corrected chi connectivity index (χ4v) is 4.70. The first-order valence-corrected chi connectivity index (χ1v) is 9.81. The first kappa shape index (κ1) is 16.6. The van der Waals surface area contributed by atoms with E-state index in [9.17, 15) is 0 Å². The van der Waals surface area contributed by atoms with Gasteiger partial charge >= 0.3 is 0 Å². The predicted molar refractivity (Wildman–Crippen MR) is 101 cm³/mol. The summed E-state index contributed by atoms with van der Waals surface area (Å²) in [5.74, 6) is 1.66. The molecular formula is C19H30N6. The van der Waals surface area contributed by atoms with E-state index >= 15 is 0 Å². The first-order chi connectivity index (χ1) is 12.1. The summed E-state index contributed by atoms with van der Waals surface area (Å²) in [5, 5.41) is 4.56. The van der Waals surface area contributed by atoms with Crippen LogP contribution in [-0.4, -0.2) is 20.6 Å². The molecule has 0 atom stereocenters. The Morgan fingerprint density at radius 3 is 2.44 bits per heavy atom. The molecule has 2 aromatic rings. The van der Waals surface area contributed by atoms with Crippen LogP contribution >= 0.6 is 0 Å². The average Bonchev–Trinajstić information content (AvgIpc) is 2.95. The maximum absolute atomic E-state index is 6.20. The molecule has 6 heteroatoms.